The van der Waals surface area contributed by atoms with Gasteiger partial charge >= 0.3 is 0 Å². The van der Waals surface area contributed by atoms with Gasteiger partial charge < -0.3 is 15.0 Å². The maximum atomic E-state index is 13.1. The van der Waals surface area contributed by atoms with E-state index in [1.54, 1.807) is 37.8 Å². The Hall–Kier alpha value is -2.91. The molecule has 3 rings (SSSR count). The summed E-state index contributed by atoms with van der Waals surface area (Å²) in [6, 6.07) is 9.51. The van der Waals surface area contributed by atoms with E-state index in [9.17, 15) is 18.0 Å². The molecule has 0 aliphatic carbocycles. The quantitative estimate of drug-likeness (QED) is 0.667. The van der Waals surface area contributed by atoms with Gasteiger partial charge in [-0.05, 0) is 70.4 Å². The Kier molecular flexibility index (Phi) is 7.14. The first-order valence-corrected chi connectivity index (χ1v) is 12.3. The molecule has 0 radical (unpaired) electrons. The Balaban J connectivity index is 1.95. The number of aryl methyl sites for hydroxylation is 1. The first-order chi connectivity index (χ1) is 15.4. The number of carbonyl (C=O) groups excluding carboxylic acids is 2. The van der Waals surface area contributed by atoms with Gasteiger partial charge in [0.1, 0.15) is 10.6 Å². The Bertz CT molecular complexity index is 1160. The molecule has 1 aliphatic heterocycles. The number of hydrogen-bond acceptors (Lipinski definition) is 5. The number of hydrogen-bond donors (Lipinski definition) is 2. The number of methoxy groups -OCH3 is 1. The zero-order valence-corrected chi connectivity index (χ0v) is 20.5. The third-order valence-electron chi connectivity index (χ3n) is 5.29. The van der Waals surface area contributed by atoms with Crippen molar-refractivity contribution < 1.29 is 22.7 Å². The molecular weight excluding hydrogens is 442 g/mol. The van der Waals surface area contributed by atoms with Crippen molar-refractivity contribution in [3.05, 3.63) is 53.1 Å². The van der Waals surface area contributed by atoms with Crippen molar-refractivity contribution in [2.24, 2.45) is 0 Å². The number of benzene rings is 2. The first-order valence-electron chi connectivity index (χ1n) is 10.9. The number of nitrogens with one attached hydrogen (secondary N) is 2. The average Bonchev–Trinajstić information content (AvgIpc) is 3.27. The number of anilines is 1. The van der Waals surface area contributed by atoms with E-state index in [4.69, 9.17) is 4.74 Å². The summed E-state index contributed by atoms with van der Waals surface area (Å²) < 4.78 is 33.7. The van der Waals surface area contributed by atoms with Crippen LogP contribution in [0.5, 0.6) is 5.75 Å². The number of para-hydroxylation sites is 1. The number of rotatable bonds is 6. The van der Waals surface area contributed by atoms with Crippen LogP contribution in [-0.2, 0) is 10.0 Å². The van der Waals surface area contributed by atoms with Gasteiger partial charge in [-0.25, -0.2) is 13.1 Å². The van der Waals surface area contributed by atoms with Crippen LogP contribution < -0.4 is 14.8 Å². The lowest BCUT2D eigenvalue weighted by Gasteiger charge is -2.22. The van der Waals surface area contributed by atoms with Crippen molar-refractivity contribution in [3.63, 3.8) is 0 Å². The van der Waals surface area contributed by atoms with E-state index < -0.39 is 21.5 Å². The van der Waals surface area contributed by atoms with E-state index in [0.717, 1.165) is 18.4 Å². The van der Waals surface area contributed by atoms with Crippen molar-refractivity contribution in [1.82, 2.24) is 9.62 Å². The van der Waals surface area contributed by atoms with Gasteiger partial charge in [-0.2, -0.15) is 0 Å². The molecule has 0 bridgehead atoms. The standard InChI is InChI=1S/C24H31N3O5S/c1-16-9-8-10-18(23(29)27-13-6-7-14-27)21(16)25-22(28)17-11-12-19(32-5)20(15-17)33(30,31)26-24(2,3)4/h8-12,15,26H,6-7,13-14H2,1-5H3,(H,25,28). The van der Waals surface area contributed by atoms with Crippen molar-refractivity contribution in [2.45, 2.75) is 51.0 Å². The summed E-state index contributed by atoms with van der Waals surface area (Å²) in [4.78, 5) is 27.8. The lowest BCUT2D eigenvalue weighted by atomic mass is 10.1. The normalized spacial score (nSPS) is 14.3. The summed E-state index contributed by atoms with van der Waals surface area (Å²) in [5.41, 5.74) is 0.999. The van der Waals surface area contributed by atoms with Crippen LogP contribution >= 0.6 is 0 Å². The van der Waals surface area contributed by atoms with E-state index in [2.05, 4.69) is 10.0 Å². The SMILES string of the molecule is COc1ccc(C(=O)Nc2c(C)cccc2C(=O)N2CCCC2)cc1S(=O)(=O)NC(C)(C)C. The van der Waals surface area contributed by atoms with Gasteiger partial charge in [0.15, 0.2) is 0 Å². The number of carbonyl (C=O) groups is 2. The maximum Gasteiger partial charge on any atom is 0.255 e. The minimum Gasteiger partial charge on any atom is -0.495 e. The Morgan fingerprint density at radius 2 is 1.73 bits per heavy atom. The molecule has 0 spiro atoms. The van der Waals surface area contributed by atoms with Crippen LogP contribution in [0.3, 0.4) is 0 Å². The monoisotopic (exact) mass is 473 g/mol. The first kappa shape index (κ1) is 24.7. The van der Waals surface area contributed by atoms with Crippen LogP contribution in [0.1, 0.15) is 59.9 Å². The molecule has 1 heterocycles. The molecule has 2 aromatic carbocycles. The summed E-state index contributed by atoms with van der Waals surface area (Å²) in [7, 11) is -2.58. The second-order valence-corrected chi connectivity index (χ2v) is 10.8. The van der Waals surface area contributed by atoms with E-state index in [1.165, 1.54) is 25.3 Å². The summed E-state index contributed by atoms with van der Waals surface area (Å²) in [6.07, 6.45) is 1.93. The van der Waals surface area contributed by atoms with Gasteiger partial charge in [0.2, 0.25) is 10.0 Å². The van der Waals surface area contributed by atoms with Crippen molar-refractivity contribution in [1.29, 1.82) is 0 Å². The molecular formula is C24H31N3O5S. The predicted molar refractivity (Wildman–Crippen MR) is 127 cm³/mol. The Labute approximate surface area is 195 Å². The number of amides is 2. The smallest absolute Gasteiger partial charge is 0.255 e. The van der Waals surface area contributed by atoms with Crippen LogP contribution in [0.4, 0.5) is 5.69 Å². The third-order valence-corrected chi connectivity index (χ3v) is 7.07. The molecule has 2 aromatic rings. The topological polar surface area (TPSA) is 105 Å². The summed E-state index contributed by atoms with van der Waals surface area (Å²) >= 11 is 0. The third kappa shape index (κ3) is 5.72. The van der Waals surface area contributed by atoms with Crippen LogP contribution in [0.15, 0.2) is 41.3 Å². The van der Waals surface area contributed by atoms with E-state index in [1.807, 2.05) is 13.0 Å². The lowest BCUT2D eigenvalue weighted by molar-refractivity contribution is 0.0793. The van der Waals surface area contributed by atoms with Gasteiger partial charge in [-0.15, -0.1) is 0 Å². The van der Waals surface area contributed by atoms with Crippen molar-refractivity contribution in [2.75, 3.05) is 25.5 Å². The maximum absolute atomic E-state index is 13.1. The number of likely N-dealkylation sites (tertiary alicyclic amines) is 1. The average molecular weight is 474 g/mol. The van der Waals surface area contributed by atoms with E-state index in [-0.39, 0.29) is 22.1 Å². The lowest BCUT2D eigenvalue weighted by Crippen LogP contribution is -2.40. The number of nitrogens with zero attached hydrogens (tertiary/aromatic N) is 1. The van der Waals surface area contributed by atoms with Gasteiger partial charge in [0, 0.05) is 24.2 Å². The van der Waals surface area contributed by atoms with Crippen LogP contribution in [0.25, 0.3) is 0 Å². The predicted octanol–water partition coefficient (Wildman–Crippen LogP) is 3.57. The van der Waals surface area contributed by atoms with Crippen molar-refractivity contribution >= 4 is 27.5 Å². The summed E-state index contributed by atoms with van der Waals surface area (Å²) in [5, 5.41) is 2.82. The fourth-order valence-electron chi connectivity index (χ4n) is 3.77. The fraction of sp³-hybridized carbons (Fsp3) is 0.417. The summed E-state index contributed by atoms with van der Waals surface area (Å²) in [6.45, 7) is 8.38. The highest BCUT2D eigenvalue weighted by atomic mass is 32.2. The molecule has 1 aliphatic rings. The Morgan fingerprint density at radius 1 is 1.06 bits per heavy atom. The highest BCUT2D eigenvalue weighted by Gasteiger charge is 2.27. The largest absolute Gasteiger partial charge is 0.495 e. The zero-order valence-electron chi connectivity index (χ0n) is 19.7. The number of ether oxygens (including phenoxy) is 1. The second-order valence-electron chi connectivity index (χ2n) is 9.17. The second kappa shape index (κ2) is 9.52. The molecule has 8 nitrogen and oxygen atoms in total. The van der Waals surface area contributed by atoms with Crippen LogP contribution in [-0.4, -0.2) is 50.9 Å². The highest BCUT2D eigenvalue weighted by Crippen LogP contribution is 2.28. The van der Waals surface area contributed by atoms with Crippen LogP contribution in [0.2, 0.25) is 0 Å². The van der Waals surface area contributed by atoms with Gasteiger partial charge in [-0.1, -0.05) is 12.1 Å². The van der Waals surface area contributed by atoms with E-state index in [0.29, 0.717) is 24.3 Å². The molecule has 33 heavy (non-hydrogen) atoms. The highest BCUT2D eigenvalue weighted by molar-refractivity contribution is 7.89. The molecule has 0 unspecified atom stereocenters. The number of sulfonamides is 1. The van der Waals surface area contributed by atoms with Crippen LogP contribution in [0, 0.1) is 6.92 Å². The molecule has 1 fully saturated rings. The van der Waals surface area contributed by atoms with Gasteiger partial charge in [-0.3, -0.25) is 9.59 Å². The van der Waals surface area contributed by atoms with Gasteiger partial charge in [0.05, 0.1) is 18.4 Å². The molecule has 2 N–H and O–H groups in total. The minimum absolute atomic E-state index is 0.126. The molecule has 9 heteroatoms. The molecule has 2 amide bonds. The summed E-state index contributed by atoms with van der Waals surface area (Å²) in [5.74, 6) is -0.516. The molecule has 1 saturated heterocycles. The van der Waals surface area contributed by atoms with Gasteiger partial charge in [0.25, 0.3) is 11.8 Å². The van der Waals surface area contributed by atoms with E-state index >= 15 is 0 Å². The molecule has 0 aromatic heterocycles. The minimum atomic E-state index is -3.95. The molecule has 0 saturated carbocycles. The molecule has 0 atom stereocenters. The molecule has 178 valence electrons. The zero-order chi connectivity index (χ0) is 24.4. The Morgan fingerprint density at radius 3 is 2.33 bits per heavy atom. The fourth-order valence-corrected chi connectivity index (χ4v) is 5.39. The van der Waals surface area contributed by atoms with Crippen molar-refractivity contribution in [3.8, 4) is 5.75 Å².